The van der Waals surface area contributed by atoms with Crippen molar-refractivity contribution in [2.45, 2.75) is 64.5 Å². The largest absolute Gasteiger partial charge is 0.396 e. The first-order valence-corrected chi connectivity index (χ1v) is 8.44. The first-order chi connectivity index (χ1) is 10.1. The molecule has 2 aliphatic rings. The summed E-state index contributed by atoms with van der Waals surface area (Å²) >= 11 is 0. The highest BCUT2D eigenvalue weighted by molar-refractivity contribution is 5.75. The Morgan fingerprint density at radius 3 is 2.76 bits per heavy atom. The highest BCUT2D eigenvalue weighted by Crippen LogP contribution is 2.30. The maximum Gasteiger partial charge on any atom is 0.315 e. The van der Waals surface area contributed by atoms with Crippen LogP contribution in [0, 0.1) is 17.8 Å². The standard InChI is InChI=1S/C17H30N2O2/c1-12(2)6-8-14-4-3-5-16(14)19-17(21)18-15-9-7-13(10-15)11-20/h7,9,12-16,20H,3-6,8,10-11H2,1-2H3,(H2,18,19,21)/t13-,14?,15+,16?/m0/s1. The number of amides is 2. The summed E-state index contributed by atoms with van der Waals surface area (Å²) in [7, 11) is 0. The van der Waals surface area contributed by atoms with Gasteiger partial charge >= 0.3 is 6.03 Å². The number of nitrogens with one attached hydrogen (secondary N) is 2. The first-order valence-electron chi connectivity index (χ1n) is 8.44. The van der Waals surface area contributed by atoms with Crippen LogP contribution < -0.4 is 10.6 Å². The Kier molecular flexibility index (Phi) is 6.09. The molecular weight excluding hydrogens is 264 g/mol. The molecule has 0 aromatic carbocycles. The van der Waals surface area contributed by atoms with Gasteiger partial charge in [0, 0.05) is 24.6 Å². The molecule has 0 radical (unpaired) electrons. The van der Waals surface area contributed by atoms with Crippen LogP contribution in [0.15, 0.2) is 12.2 Å². The summed E-state index contributed by atoms with van der Waals surface area (Å²) < 4.78 is 0. The van der Waals surface area contributed by atoms with Crippen molar-refractivity contribution in [3.63, 3.8) is 0 Å². The minimum Gasteiger partial charge on any atom is -0.396 e. The Bertz CT molecular complexity index is 368. The Balaban J connectivity index is 1.73. The molecule has 4 nitrogen and oxygen atoms in total. The Morgan fingerprint density at radius 1 is 1.29 bits per heavy atom. The molecule has 2 unspecified atom stereocenters. The lowest BCUT2D eigenvalue weighted by molar-refractivity contribution is 0.224. The Hall–Kier alpha value is -1.03. The van der Waals surface area contributed by atoms with Gasteiger partial charge in [-0.15, -0.1) is 0 Å². The number of carbonyl (C=O) groups is 1. The summed E-state index contributed by atoms with van der Waals surface area (Å²) in [6.45, 7) is 4.68. The molecule has 0 saturated heterocycles. The number of hydrogen-bond donors (Lipinski definition) is 3. The quantitative estimate of drug-likeness (QED) is 0.660. The van der Waals surface area contributed by atoms with Gasteiger partial charge in [0.25, 0.3) is 0 Å². The first kappa shape index (κ1) is 16.3. The summed E-state index contributed by atoms with van der Waals surface area (Å²) in [5.41, 5.74) is 0. The molecule has 2 aliphatic carbocycles. The minimum absolute atomic E-state index is 0.0512. The van der Waals surface area contributed by atoms with E-state index in [0.717, 1.165) is 18.8 Å². The van der Waals surface area contributed by atoms with Gasteiger partial charge in [0.05, 0.1) is 0 Å². The van der Waals surface area contributed by atoms with Gasteiger partial charge in [0.2, 0.25) is 0 Å². The van der Waals surface area contributed by atoms with Gasteiger partial charge in [-0.25, -0.2) is 4.79 Å². The number of aliphatic hydroxyl groups excluding tert-OH is 1. The van der Waals surface area contributed by atoms with E-state index in [0.29, 0.717) is 12.0 Å². The fourth-order valence-electron chi connectivity index (χ4n) is 3.52. The van der Waals surface area contributed by atoms with Crippen molar-refractivity contribution >= 4 is 6.03 Å². The average Bonchev–Trinajstić information content (AvgIpc) is 3.05. The summed E-state index contributed by atoms with van der Waals surface area (Å²) in [6, 6.07) is 0.352. The van der Waals surface area contributed by atoms with Crippen LogP contribution in [-0.2, 0) is 0 Å². The van der Waals surface area contributed by atoms with E-state index < -0.39 is 0 Å². The molecule has 0 bridgehead atoms. The predicted octanol–water partition coefficient (Wildman–Crippen LogP) is 2.83. The summed E-state index contributed by atoms with van der Waals surface area (Å²) in [4.78, 5) is 12.1. The molecule has 3 N–H and O–H groups in total. The van der Waals surface area contributed by atoms with E-state index in [-0.39, 0.29) is 24.6 Å². The van der Waals surface area contributed by atoms with E-state index in [1.165, 1.54) is 25.7 Å². The second-order valence-corrected chi connectivity index (χ2v) is 7.06. The maximum absolute atomic E-state index is 12.1. The van der Waals surface area contributed by atoms with Crippen LogP contribution in [0.5, 0.6) is 0 Å². The lowest BCUT2D eigenvalue weighted by atomic mass is 9.94. The molecule has 1 fully saturated rings. The number of urea groups is 1. The van der Waals surface area contributed by atoms with E-state index in [4.69, 9.17) is 5.11 Å². The lowest BCUT2D eigenvalue weighted by Gasteiger charge is -2.23. The maximum atomic E-state index is 12.1. The molecule has 120 valence electrons. The summed E-state index contributed by atoms with van der Waals surface area (Å²) in [6.07, 6.45) is 10.8. The molecule has 0 aromatic rings. The average molecular weight is 294 g/mol. The minimum atomic E-state index is -0.0512. The van der Waals surface area contributed by atoms with Crippen LogP contribution in [0.2, 0.25) is 0 Å². The Labute approximate surface area is 128 Å². The second kappa shape index (κ2) is 7.83. The zero-order chi connectivity index (χ0) is 15.2. The zero-order valence-electron chi connectivity index (χ0n) is 13.3. The van der Waals surface area contributed by atoms with Crippen LogP contribution in [-0.4, -0.2) is 29.8 Å². The third-order valence-corrected chi connectivity index (χ3v) is 4.81. The van der Waals surface area contributed by atoms with E-state index in [2.05, 4.69) is 24.5 Å². The highest BCUT2D eigenvalue weighted by atomic mass is 16.3. The molecule has 0 heterocycles. The normalized spacial score (nSPS) is 31.8. The van der Waals surface area contributed by atoms with Gasteiger partial charge in [-0.3, -0.25) is 0 Å². The van der Waals surface area contributed by atoms with Gasteiger partial charge in [0.15, 0.2) is 0 Å². The van der Waals surface area contributed by atoms with Crippen molar-refractivity contribution in [1.29, 1.82) is 0 Å². The molecule has 1 saturated carbocycles. The number of rotatable bonds is 6. The van der Waals surface area contributed by atoms with Crippen molar-refractivity contribution in [2.75, 3.05) is 6.61 Å². The Morgan fingerprint density at radius 2 is 2.10 bits per heavy atom. The molecule has 0 aromatic heterocycles. The fraction of sp³-hybridized carbons (Fsp3) is 0.824. The molecule has 0 aliphatic heterocycles. The topological polar surface area (TPSA) is 61.4 Å². The fourth-order valence-corrected chi connectivity index (χ4v) is 3.52. The van der Waals surface area contributed by atoms with Crippen molar-refractivity contribution in [3.8, 4) is 0 Å². The third kappa shape index (κ3) is 5.03. The molecule has 0 spiro atoms. The number of hydrogen-bond acceptors (Lipinski definition) is 2. The van der Waals surface area contributed by atoms with Crippen LogP contribution in [0.3, 0.4) is 0 Å². The SMILES string of the molecule is CC(C)CCC1CCCC1NC(=O)N[C@@H]1C=C[C@H](CO)C1. The van der Waals surface area contributed by atoms with Crippen molar-refractivity contribution in [1.82, 2.24) is 10.6 Å². The smallest absolute Gasteiger partial charge is 0.315 e. The van der Waals surface area contributed by atoms with Gasteiger partial charge in [-0.1, -0.05) is 38.8 Å². The van der Waals surface area contributed by atoms with Crippen LogP contribution in [0.4, 0.5) is 4.79 Å². The van der Waals surface area contributed by atoms with Crippen LogP contribution in [0.1, 0.15) is 52.4 Å². The molecule has 4 heteroatoms. The second-order valence-electron chi connectivity index (χ2n) is 7.06. The molecule has 2 amide bonds. The van der Waals surface area contributed by atoms with Gasteiger partial charge in [0.1, 0.15) is 0 Å². The highest BCUT2D eigenvalue weighted by Gasteiger charge is 2.29. The summed E-state index contributed by atoms with van der Waals surface area (Å²) in [5, 5.41) is 15.3. The summed E-state index contributed by atoms with van der Waals surface area (Å²) in [5.74, 6) is 1.57. The molecule has 4 atom stereocenters. The molecule has 2 rings (SSSR count). The zero-order valence-corrected chi connectivity index (χ0v) is 13.3. The van der Waals surface area contributed by atoms with E-state index >= 15 is 0 Å². The monoisotopic (exact) mass is 294 g/mol. The molecule has 21 heavy (non-hydrogen) atoms. The molecular formula is C17H30N2O2. The van der Waals surface area contributed by atoms with E-state index in [1.54, 1.807) is 0 Å². The van der Waals surface area contributed by atoms with E-state index in [9.17, 15) is 4.79 Å². The van der Waals surface area contributed by atoms with Crippen molar-refractivity contribution < 1.29 is 9.90 Å². The lowest BCUT2D eigenvalue weighted by Crippen LogP contribution is -2.46. The number of carbonyl (C=O) groups excluding carboxylic acids is 1. The van der Waals surface area contributed by atoms with Crippen LogP contribution in [0.25, 0.3) is 0 Å². The van der Waals surface area contributed by atoms with Crippen molar-refractivity contribution in [3.05, 3.63) is 12.2 Å². The van der Waals surface area contributed by atoms with Gasteiger partial charge < -0.3 is 15.7 Å². The van der Waals surface area contributed by atoms with Crippen molar-refractivity contribution in [2.24, 2.45) is 17.8 Å². The third-order valence-electron chi connectivity index (χ3n) is 4.81. The van der Waals surface area contributed by atoms with Gasteiger partial charge in [-0.05, 0) is 37.5 Å². The van der Waals surface area contributed by atoms with Gasteiger partial charge in [-0.2, -0.15) is 0 Å². The van der Waals surface area contributed by atoms with E-state index in [1.807, 2.05) is 12.2 Å². The van der Waals surface area contributed by atoms with Crippen LogP contribution >= 0.6 is 0 Å². The number of aliphatic hydroxyl groups is 1. The predicted molar refractivity (Wildman–Crippen MR) is 85.0 cm³/mol.